The second kappa shape index (κ2) is 11.0. The van der Waals surface area contributed by atoms with Crippen molar-refractivity contribution >= 4 is 5.84 Å². The molecule has 4 nitrogen and oxygen atoms in total. The maximum absolute atomic E-state index is 8.82. The van der Waals surface area contributed by atoms with Gasteiger partial charge in [-0.1, -0.05) is 78.4 Å². The van der Waals surface area contributed by atoms with Crippen molar-refractivity contribution in [2.24, 2.45) is 5.92 Å². The Labute approximate surface area is 191 Å². The number of amidine groups is 1. The molecule has 1 aliphatic heterocycles. The quantitative estimate of drug-likeness (QED) is 0.372. The molecule has 1 saturated heterocycles. The number of aryl methyl sites for hydroxylation is 1. The number of nitrogens with one attached hydrogen (secondary N) is 2. The van der Waals surface area contributed by atoms with Crippen LogP contribution in [0.25, 0.3) is 0 Å². The van der Waals surface area contributed by atoms with Gasteiger partial charge in [0.15, 0.2) is 0 Å². The molecular weight excluding hydrogens is 394 g/mol. The van der Waals surface area contributed by atoms with Gasteiger partial charge in [0.25, 0.3) is 0 Å². The third-order valence-electron chi connectivity index (χ3n) is 6.26. The second-order valence-corrected chi connectivity index (χ2v) is 8.59. The van der Waals surface area contributed by atoms with E-state index in [0.29, 0.717) is 12.4 Å². The summed E-state index contributed by atoms with van der Waals surface area (Å²) >= 11 is 0. The average Bonchev–Trinajstić information content (AvgIpc) is 2.85. The molecule has 1 unspecified atom stereocenters. The summed E-state index contributed by atoms with van der Waals surface area (Å²) in [4.78, 5) is 2.45. The molecular formula is C28H33N3O. The molecule has 32 heavy (non-hydrogen) atoms. The van der Waals surface area contributed by atoms with E-state index in [0.717, 1.165) is 38.2 Å². The molecule has 1 atom stereocenters. The number of hydrogen-bond acceptors (Lipinski definition) is 3. The summed E-state index contributed by atoms with van der Waals surface area (Å²) in [5.74, 6) is 1.86. The van der Waals surface area contributed by atoms with E-state index in [1.165, 1.54) is 16.7 Å². The Morgan fingerprint density at radius 1 is 0.906 bits per heavy atom. The van der Waals surface area contributed by atoms with Crippen LogP contribution in [0.15, 0.2) is 84.9 Å². The number of piperidine rings is 1. The Kier molecular flexibility index (Phi) is 7.57. The number of para-hydroxylation sites is 1. The van der Waals surface area contributed by atoms with E-state index >= 15 is 0 Å². The van der Waals surface area contributed by atoms with Gasteiger partial charge in [-0.05, 0) is 56.1 Å². The standard InChI is InChI=1S/C28H33N3O/c1-22-12-14-24(15-13-22)27(23-8-4-2-5-9-23)30-28(29)25-16-18-31(19-17-25)20-21-32-26-10-6-3-7-11-26/h2-15,25,27H,16-21H2,1H3,(H2,29,30). The number of ether oxygens (including phenoxy) is 1. The lowest BCUT2D eigenvalue weighted by Gasteiger charge is -2.33. The smallest absolute Gasteiger partial charge is 0.119 e. The van der Waals surface area contributed by atoms with E-state index in [-0.39, 0.29) is 12.0 Å². The SMILES string of the molecule is Cc1ccc(C(NC(=N)C2CCN(CCOc3ccccc3)CC2)c2ccccc2)cc1. The maximum atomic E-state index is 8.82. The van der Waals surface area contributed by atoms with Crippen LogP contribution in [0.2, 0.25) is 0 Å². The first-order chi connectivity index (χ1) is 15.7. The lowest BCUT2D eigenvalue weighted by Crippen LogP contribution is -2.42. The third kappa shape index (κ3) is 5.98. The van der Waals surface area contributed by atoms with E-state index in [1.54, 1.807) is 0 Å². The molecule has 3 aromatic carbocycles. The first-order valence-electron chi connectivity index (χ1n) is 11.6. The van der Waals surface area contributed by atoms with Crippen LogP contribution in [0.4, 0.5) is 0 Å². The van der Waals surface area contributed by atoms with Crippen molar-refractivity contribution in [2.75, 3.05) is 26.2 Å². The molecule has 1 aliphatic rings. The molecule has 2 N–H and O–H groups in total. The lowest BCUT2D eigenvalue weighted by atomic mass is 9.93. The molecule has 4 heteroatoms. The number of rotatable bonds is 8. The summed E-state index contributed by atoms with van der Waals surface area (Å²) in [6.07, 6.45) is 2.01. The molecule has 1 fully saturated rings. The molecule has 1 heterocycles. The van der Waals surface area contributed by atoms with Crippen molar-refractivity contribution in [3.8, 4) is 5.75 Å². The predicted molar refractivity (Wildman–Crippen MR) is 131 cm³/mol. The van der Waals surface area contributed by atoms with E-state index in [1.807, 2.05) is 36.4 Å². The fraction of sp³-hybridized carbons (Fsp3) is 0.321. The van der Waals surface area contributed by atoms with Crippen LogP contribution in [0.3, 0.4) is 0 Å². The minimum atomic E-state index is 0.00148. The Morgan fingerprint density at radius 2 is 1.50 bits per heavy atom. The number of hydrogen-bond donors (Lipinski definition) is 2. The van der Waals surface area contributed by atoms with Crippen LogP contribution in [0.5, 0.6) is 5.75 Å². The largest absolute Gasteiger partial charge is 0.492 e. The molecule has 0 aromatic heterocycles. The van der Waals surface area contributed by atoms with Crippen molar-refractivity contribution in [3.63, 3.8) is 0 Å². The number of nitrogens with zero attached hydrogens (tertiary/aromatic N) is 1. The Morgan fingerprint density at radius 3 is 2.16 bits per heavy atom. The Balaban J connectivity index is 1.31. The van der Waals surface area contributed by atoms with Gasteiger partial charge >= 0.3 is 0 Å². The normalized spacial score (nSPS) is 15.8. The van der Waals surface area contributed by atoms with E-state index in [2.05, 4.69) is 65.7 Å². The highest BCUT2D eigenvalue weighted by atomic mass is 16.5. The minimum Gasteiger partial charge on any atom is -0.492 e. The van der Waals surface area contributed by atoms with Crippen LogP contribution < -0.4 is 10.1 Å². The number of benzene rings is 3. The Bertz CT molecular complexity index is 965. The Hall–Kier alpha value is -3.11. The van der Waals surface area contributed by atoms with Crippen LogP contribution in [0, 0.1) is 18.3 Å². The zero-order valence-corrected chi connectivity index (χ0v) is 18.8. The summed E-state index contributed by atoms with van der Waals surface area (Å²) in [6.45, 7) is 5.75. The average molecular weight is 428 g/mol. The van der Waals surface area contributed by atoms with Crippen molar-refractivity contribution in [3.05, 3.63) is 102 Å². The fourth-order valence-electron chi connectivity index (χ4n) is 4.29. The molecule has 0 radical (unpaired) electrons. The van der Waals surface area contributed by atoms with Crippen molar-refractivity contribution in [1.29, 1.82) is 5.41 Å². The van der Waals surface area contributed by atoms with Crippen molar-refractivity contribution in [2.45, 2.75) is 25.8 Å². The van der Waals surface area contributed by atoms with Gasteiger partial charge in [-0.15, -0.1) is 0 Å². The van der Waals surface area contributed by atoms with E-state index < -0.39 is 0 Å². The maximum Gasteiger partial charge on any atom is 0.119 e. The summed E-state index contributed by atoms with van der Waals surface area (Å²) in [5.41, 5.74) is 3.64. The van der Waals surface area contributed by atoms with Gasteiger partial charge in [0.2, 0.25) is 0 Å². The van der Waals surface area contributed by atoms with Gasteiger partial charge in [0, 0.05) is 12.5 Å². The van der Waals surface area contributed by atoms with E-state index in [4.69, 9.17) is 10.1 Å². The zero-order valence-electron chi connectivity index (χ0n) is 18.8. The fourth-order valence-corrected chi connectivity index (χ4v) is 4.29. The first kappa shape index (κ1) is 22.1. The molecule has 0 saturated carbocycles. The van der Waals surface area contributed by atoms with Gasteiger partial charge in [-0.3, -0.25) is 10.3 Å². The van der Waals surface area contributed by atoms with Crippen LogP contribution in [-0.4, -0.2) is 37.0 Å². The van der Waals surface area contributed by atoms with E-state index in [9.17, 15) is 0 Å². The highest BCUT2D eigenvalue weighted by molar-refractivity contribution is 5.82. The minimum absolute atomic E-state index is 0.00148. The van der Waals surface area contributed by atoms with Crippen LogP contribution in [0.1, 0.15) is 35.6 Å². The summed E-state index contributed by atoms with van der Waals surface area (Å²) in [7, 11) is 0. The summed E-state index contributed by atoms with van der Waals surface area (Å²) in [6, 6.07) is 29.1. The topological polar surface area (TPSA) is 48.4 Å². The van der Waals surface area contributed by atoms with Gasteiger partial charge in [-0.2, -0.15) is 0 Å². The molecule has 0 aliphatic carbocycles. The van der Waals surface area contributed by atoms with Crippen molar-refractivity contribution < 1.29 is 4.74 Å². The molecule has 3 aromatic rings. The molecule has 4 rings (SSSR count). The van der Waals surface area contributed by atoms with Crippen LogP contribution >= 0.6 is 0 Å². The predicted octanol–water partition coefficient (Wildman–Crippen LogP) is 5.44. The second-order valence-electron chi connectivity index (χ2n) is 8.59. The van der Waals surface area contributed by atoms with Gasteiger partial charge in [0.05, 0.1) is 11.9 Å². The lowest BCUT2D eigenvalue weighted by molar-refractivity contribution is 0.170. The molecule has 0 bridgehead atoms. The first-order valence-corrected chi connectivity index (χ1v) is 11.6. The highest BCUT2D eigenvalue weighted by Crippen LogP contribution is 2.25. The number of likely N-dealkylation sites (tertiary alicyclic amines) is 1. The van der Waals surface area contributed by atoms with Gasteiger partial charge in [0.1, 0.15) is 12.4 Å². The van der Waals surface area contributed by atoms with Gasteiger partial charge < -0.3 is 10.1 Å². The van der Waals surface area contributed by atoms with Gasteiger partial charge in [-0.25, -0.2) is 0 Å². The highest BCUT2D eigenvalue weighted by Gasteiger charge is 2.25. The monoisotopic (exact) mass is 427 g/mol. The van der Waals surface area contributed by atoms with Crippen LogP contribution in [-0.2, 0) is 0 Å². The summed E-state index contributed by atoms with van der Waals surface area (Å²) < 4.78 is 5.85. The van der Waals surface area contributed by atoms with Crippen molar-refractivity contribution in [1.82, 2.24) is 10.2 Å². The summed E-state index contributed by atoms with van der Waals surface area (Å²) in [5, 5.41) is 12.4. The zero-order chi connectivity index (χ0) is 22.2. The molecule has 0 amide bonds. The third-order valence-corrected chi connectivity index (χ3v) is 6.26. The molecule has 0 spiro atoms. The molecule has 166 valence electrons.